The van der Waals surface area contributed by atoms with Crippen molar-refractivity contribution in [1.29, 1.82) is 0 Å². The molecule has 18 heavy (non-hydrogen) atoms. The molecule has 0 aromatic carbocycles. The zero-order valence-electron chi connectivity index (χ0n) is 9.87. The highest BCUT2D eigenvalue weighted by atomic mass is 16.5. The molecule has 98 valence electrons. The van der Waals surface area contributed by atoms with Gasteiger partial charge in [-0.05, 0) is 6.92 Å². The predicted molar refractivity (Wildman–Crippen MR) is 62.2 cm³/mol. The molecule has 1 aromatic rings. The standard InChI is InChI=1S/C10H15N5O3/c1-6(2-8(16)17)14-15-9-7(3-11-5-13-9)4-12-10(15)18/h3,5-6,8,14,16-17H,2,4H2,1H3,(H,12,18). The maximum atomic E-state index is 11.7. The Morgan fingerprint density at radius 3 is 3.11 bits per heavy atom. The largest absolute Gasteiger partial charge is 0.368 e. The van der Waals surface area contributed by atoms with E-state index in [2.05, 4.69) is 20.7 Å². The molecule has 0 spiro atoms. The van der Waals surface area contributed by atoms with Gasteiger partial charge in [-0.3, -0.25) is 0 Å². The van der Waals surface area contributed by atoms with E-state index in [1.54, 1.807) is 13.1 Å². The highest BCUT2D eigenvalue weighted by Gasteiger charge is 2.26. The molecule has 2 amide bonds. The molecule has 0 saturated carbocycles. The Morgan fingerprint density at radius 2 is 2.39 bits per heavy atom. The Kier molecular flexibility index (Phi) is 3.70. The van der Waals surface area contributed by atoms with Gasteiger partial charge in [-0.25, -0.2) is 25.2 Å². The fourth-order valence-corrected chi connectivity index (χ4v) is 1.73. The van der Waals surface area contributed by atoms with E-state index in [0.29, 0.717) is 12.4 Å². The number of amides is 2. The molecule has 1 aliphatic rings. The van der Waals surface area contributed by atoms with Gasteiger partial charge in [0, 0.05) is 30.8 Å². The maximum absolute atomic E-state index is 11.7. The van der Waals surface area contributed by atoms with E-state index >= 15 is 0 Å². The number of nitrogens with zero attached hydrogens (tertiary/aromatic N) is 3. The quantitative estimate of drug-likeness (QED) is 0.518. The number of fused-ring (bicyclic) bond motifs is 1. The summed E-state index contributed by atoms with van der Waals surface area (Å²) in [6.07, 6.45) is 1.66. The lowest BCUT2D eigenvalue weighted by Crippen LogP contribution is -2.55. The smallest absolute Gasteiger partial charge is 0.338 e. The van der Waals surface area contributed by atoms with Crippen LogP contribution in [-0.2, 0) is 6.54 Å². The molecule has 8 heteroatoms. The van der Waals surface area contributed by atoms with Crippen LogP contribution in [-0.4, -0.2) is 38.5 Å². The first kappa shape index (κ1) is 12.7. The number of aromatic nitrogens is 2. The molecule has 2 rings (SSSR count). The van der Waals surface area contributed by atoms with Gasteiger partial charge in [0.15, 0.2) is 12.1 Å². The number of rotatable bonds is 4. The summed E-state index contributed by atoms with van der Waals surface area (Å²) < 4.78 is 0. The highest BCUT2D eigenvalue weighted by Crippen LogP contribution is 2.18. The van der Waals surface area contributed by atoms with Crippen LogP contribution in [0.15, 0.2) is 12.5 Å². The second kappa shape index (κ2) is 5.25. The fourth-order valence-electron chi connectivity index (χ4n) is 1.73. The average molecular weight is 253 g/mol. The van der Waals surface area contributed by atoms with Crippen LogP contribution in [0.3, 0.4) is 0 Å². The van der Waals surface area contributed by atoms with Crippen LogP contribution in [0.1, 0.15) is 18.9 Å². The Hall–Kier alpha value is -1.77. The zero-order valence-corrected chi connectivity index (χ0v) is 9.87. The number of carbonyl (C=O) groups is 1. The number of aliphatic hydroxyl groups is 2. The lowest BCUT2D eigenvalue weighted by molar-refractivity contribution is -0.0504. The molecule has 0 bridgehead atoms. The average Bonchev–Trinajstić information content (AvgIpc) is 2.32. The molecule has 1 atom stereocenters. The lowest BCUT2D eigenvalue weighted by atomic mass is 10.2. The number of urea groups is 1. The minimum atomic E-state index is -1.43. The monoisotopic (exact) mass is 253 g/mol. The maximum Gasteiger partial charge on any atom is 0.338 e. The van der Waals surface area contributed by atoms with Gasteiger partial charge in [0.05, 0.1) is 0 Å². The highest BCUT2D eigenvalue weighted by molar-refractivity contribution is 5.92. The number of carbonyl (C=O) groups excluding carboxylic acids is 1. The van der Waals surface area contributed by atoms with Crippen molar-refractivity contribution in [2.75, 3.05) is 5.01 Å². The third-order valence-corrected chi connectivity index (χ3v) is 2.52. The molecule has 4 N–H and O–H groups in total. The van der Waals surface area contributed by atoms with E-state index in [0.717, 1.165) is 5.56 Å². The molecule has 0 aliphatic carbocycles. The number of anilines is 1. The van der Waals surface area contributed by atoms with Crippen molar-refractivity contribution in [3.8, 4) is 0 Å². The minimum absolute atomic E-state index is 0.101. The van der Waals surface area contributed by atoms with Gasteiger partial charge in [0.25, 0.3) is 0 Å². The Bertz CT molecular complexity index is 439. The van der Waals surface area contributed by atoms with Crippen LogP contribution in [0, 0.1) is 0 Å². The van der Waals surface area contributed by atoms with Crippen LogP contribution in [0.5, 0.6) is 0 Å². The van der Waals surface area contributed by atoms with E-state index in [1.807, 2.05) is 0 Å². The summed E-state index contributed by atoms with van der Waals surface area (Å²) in [4.78, 5) is 19.7. The fraction of sp³-hybridized carbons (Fsp3) is 0.500. The zero-order chi connectivity index (χ0) is 13.1. The third-order valence-electron chi connectivity index (χ3n) is 2.52. The molecular weight excluding hydrogens is 238 g/mol. The second-order valence-electron chi connectivity index (χ2n) is 4.11. The van der Waals surface area contributed by atoms with Gasteiger partial charge >= 0.3 is 6.03 Å². The van der Waals surface area contributed by atoms with Crippen LogP contribution in [0.25, 0.3) is 0 Å². The van der Waals surface area contributed by atoms with Crippen molar-refractivity contribution < 1.29 is 15.0 Å². The number of hydrogen-bond acceptors (Lipinski definition) is 6. The lowest BCUT2D eigenvalue weighted by Gasteiger charge is -2.31. The molecular formula is C10H15N5O3. The molecule has 8 nitrogen and oxygen atoms in total. The van der Waals surface area contributed by atoms with Crippen LogP contribution in [0.4, 0.5) is 10.6 Å². The van der Waals surface area contributed by atoms with E-state index in [4.69, 9.17) is 10.2 Å². The Morgan fingerprint density at radius 1 is 1.61 bits per heavy atom. The summed E-state index contributed by atoms with van der Waals surface area (Å²) in [6, 6.07) is -0.628. The van der Waals surface area contributed by atoms with E-state index in [9.17, 15) is 4.79 Å². The van der Waals surface area contributed by atoms with E-state index in [1.165, 1.54) is 11.3 Å². The van der Waals surface area contributed by atoms with Crippen LogP contribution in [0.2, 0.25) is 0 Å². The topological polar surface area (TPSA) is 111 Å². The van der Waals surface area contributed by atoms with Gasteiger partial charge in [-0.1, -0.05) is 0 Å². The molecule has 0 radical (unpaired) electrons. The third kappa shape index (κ3) is 2.73. The van der Waals surface area contributed by atoms with Crippen molar-refractivity contribution in [1.82, 2.24) is 20.7 Å². The molecule has 2 heterocycles. The van der Waals surface area contributed by atoms with Crippen molar-refractivity contribution >= 4 is 11.8 Å². The second-order valence-corrected chi connectivity index (χ2v) is 4.11. The predicted octanol–water partition coefficient (Wildman–Crippen LogP) is -0.900. The molecule has 1 unspecified atom stereocenters. The number of nitrogens with one attached hydrogen (secondary N) is 2. The number of hydrazine groups is 1. The van der Waals surface area contributed by atoms with Gasteiger partial charge in [-0.15, -0.1) is 0 Å². The summed E-state index contributed by atoms with van der Waals surface area (Å²) in [7, 11) is 0. The molecule has 1 aromatic heterocycles. The molecule has 0 saturated heterocycles. The summed E-state index contributed by atoms with van der Waals surface area (Å²) in [5.74, 6) is 0.480. The van der Waals surface area contributed by atoms with Gasteiger partial charge in [-0.2, -0.15) is 0 Å². The Labute approximate surface area is 104 Å². The Balaban J connectivity index is 2.14. The van der Waals surface area contributed by atoms with Crippen molar-refractivity contribution in [2.45, 2.75) is 32.2 Å². The summed E-state index contributed by atoms with van der Waals surface area (Å²) in [6.45, 7) is 2.12. The van der Waals surface area contributed by atoms with Crippen LogP contribution < -0.4 is 15.8 Å². The van der Waals surface area contributed by atoms with Gasteiger partial charge < -0.3 is 15.5 Å². The van der Waals surface area contributed by atoms with Crippen molar-refractivity contribution in [2.24, 2.45) is 0 Å². The normalized spacial score (nSPS) is 16.4. The van der Waals surface area contributed by atoms with Crippen molar-refractivity contribution in [3.05, 3.63) is 18.1 Å². The first-order valence-electron chi connectivity index (χ1n) is 5.57. The summed E-state index contributed by atoms with van der Waals surface area (Å²) in [5, 5.41) is 21.7. The van der Waals surface area contributed by atoms with Crippen LogP contribution >= 0.6 is 0 Å². The van der Waals surface area contributed by atoms with E-state index in [-0.39, 0.29) is 18.5 Å². The SMILES string of the molecule is CC(CC(O)O)NN1C(=O)NCc2cncnc21. The van der Waals surface area contributed by atoms with Gasteiger partial charge in [0.2, 0.25) is 0 Å². The molecule has 1 aliphatic heterocycles. The summed E-state index contributed by atoms with van der Waals surface area (Å²) >= 11 is 0. The summed E-state index contributed by atoms with van der Waals surface area (Å²) in [5.41, 5.74) is 3.66. The first-order valence-corrected chi connectivity index (χ1v) is 5.57. The molecule has 0 fully saturated rings. The van der Waals surface area contributed by atoms with Crippen molar-refractivity contribution in [3.63, 3.8) is 0 Å². The van der Waals surface area contributed by atoms with E-state index < -0.39 is 6.29 Å². The number of aliphatic hydroxyl groups excluding tert-OH is 1. The van der Waals surface area contributed by atoms with Gasteiger partial charge in [0.1, 0.15) is 6.33 Å². The minimum Gasteiger partial charge on any atom is -0.368 e. The first-order chi connectivity index (χ1) is 8.58. The number of hydrogen-bond donors (Lipinski definition) is 4.